The molecule has 1 saturated heterocycles. The van der Waals surface area contributed by atoms with Crippen molar-refractivity contribution in [3.63, 3.8) is 0 Å². The molecule has 1 aliphatic heterocycles. The number of carbonyl (C=O) groups excluding carboxylic acids is 2. The molecule has 1 aliphatic carbocycles. The van der Waals surface area contributed by atoms with E-state index in [9.17, 15) is 9.59 Å². The Balaban J connectivity index is 1.72. The summed E-state index contributed by atoms with van der Waals surface area (Å²) in [5.41, 5.74) is -0.752. The van der Waals surface area contributed by atoms with E-state index in [0.717, 1.165) is 43.6 Å². The van der Waals surface area contributed by atoms with Gasteiger partial charge in [0.1, 0.15) is 5.54 Å². The van der Waals surface area contributed by atoms with E-state index in [1.54, 1.807) is 7.05 Å². The van der Waals surface area contributed by atoms with Crippen LogP contribution in [0.4, 0.5) is 0 Å². The van der Waals surface area contributed by atoms with Crippen LogP contribution in [0.15, 0.2) is 12.1 Å². The van der Waals surface area contributed by atoms with Crippen LogP contribution in [-0.2, 0) is 9.53 Å². The number of carbonyl (C=O) groups is 2. The fourth-order valence-corrected chi connectivity index (χ4v) is 4.52. The molecule has 126 valence electrons. The number of hydrogen-bond donors (Lipinski definition) is 2. The van der Waals surface area contributed by atoms with Crippen LogP contribution in [0.3, 0.4) is 0 Å². The van der Waals surface area contributed by atoms with Gasteiger partial charge in [-0.15, -0.1) is 11.3 Å². The van der Waals surface area contributed by atoms with Crippen molar-refractivity contribution in [3.8, 4) is 0 Å². The molecule has 2 heterocycles. The lowest BCUT2D eigenvalue weighted by Crippen LogP contribution is -2.59. The molecule has 2 N–H and O–H groups in total. The first kappa shape index (κ1) is 16.5. The van der Waals surface area contributed by atoms with Crippen molar-refractivity contribution in [2.24, 2.45) is 0 Å². The normalized spacial score (nSPS) is 23.4. The summed E-state index contributed by atoms with van der Waals surface area (Å²) in [6.07, 6.45) is 6.71. The molecule has 2 aliphatic rings. The third-order valence-corrected chi connectivity index (χ3v) is 6.00. The highest BCUT2D eigenvalue weighted by atomic mass is 32.1. The van der Waals surface area contributed by atoms with Crippen LogP contribution in [0.25, 0.3) is 0 Å². The van der Waals surface area contributed by atoms with E-state index < -0.39 is 5.54 Å². The number of amides is 2. The Morgan fingerprint density at radius 3 is 2.65 bits per heavy atom. The van der Waals surface area contributed by atoms with Gasteiger partial charge in [-0.2, -0.15) is 0 Å². The van der Waals surface area contributed by atoms with Crippen molar-refractivity contribution in [1.29, 1.82) is 0 Å². The summed E-state index contributed by atoms with van der Waals surface area (Å²) in [6, 6.07) is 3.82. The minimum absolute atomic E-state index is 0.0820. The Hall–Kier alpha value is -1.40. The van der Waals surface area contributed by atoms with Crippen LogP contribution in [0.5, 0.6) is 0 Å². The number of ether oxygens (including phenoxy) is 1. The molecule has 3 rings (SSSR count). The summed E-state index contributed by atoms with van der Waals surface area (Å²) >= 11 is 1.48. The zero-order valence-corrected chi connectivity index (χ0v) is 14.3. The maximum atomic E-state index is 12.6. The maximum absolute atomic E-state index is 12.6. The summed E-state index contributed by atoms with van der Waals surface area (Å²) in [6.45, 7) is 0.796. The molecule has 1 atom stereocenters. The zero-order valence-electron chi connectivity index (χ0n) is 13.5. The Morgan fingerprint density at radius 1 is 1.22 bits per heavy atom. The lowest BCUT2D eigenvalue weighted by atomic mass is 9.80. The Kier molecular flexibility index (Phi) is 5.02. The lowest BCUT2D eigenvalue weighted by Gasteiger charge is -2.36. The van der Waals surface area contributed by atoms with E-state index in [2.05, 4.69) is 10.6 Å². The van der Waals surface area contributed by atoms with E-state index in [1.165, 1.54) is 11.3 Å². The second-order valence-electron chi connectivity index (χ2n) is 6.38. The minimum Gasteiger partial charge on any atom is -0.373 e. The molecule has 6 heteroatoms. The molecule has 2 amide bonds. The molecule has 23 heavy (non-hydrogen) atoms. The highest BCUT2D eigenvalue weighted by Crippen LogP contribution is 2.34. The predicted octanol–water partition coefficient (Wildman–Crippen LogP) is 2.78. The van der Waals surface area contributed by atoms with Gasteiger partial charge in [-0.05, 0) is 37.8 Å². The molecule has 1 saturated carbocycles. The summed E-state index contributed by atoms with van der Waals surface area (Å²) < 4.78 is 5.67. The second kappa shape index (κ2) is 7.01. The van der Waals surface area contributed by atoms with E-state index in [1.807, 2.05) is 12.1 Å². The van der Waals surface area contributed by atoms with Gasteiger partial charge in [-0.1, -0.05) is 19.3 Å². The van der Waals surface area contributed by atoms with Crippen LogP contribution < -0.4 is 10.6 Å². The smallest absolute Gasteiger partial charge is 0.262 e. The first-order chi connectivity index (χ1) is 11.1. The first-order valence-electron chi connectivity index (χ1n) is 8.41. The van der Waals surface area contributed by atoms with Gasteiger partial charge in [-0.3, -0.25) is 9.59 Å². The summed E-state index contributed by atoms with van der Waals surface area (Å²) in [5.74, 6) is -0.230. The summed E-state index contributed by atoms with van der Waals surface area (Å²) in [5, 5.41) is 5.73. The van der Waals surface area contributed by atoms with Crippen LogP contribution in [0.2, 0.25) is 0 Å². The molecule has 1 aromatic heterocycles. The maximum Gasteiger partial charge on any atom is 0.262 e. The van der Waals surface area contributed by atoms with Crippen molar-refractivity contribution < 1.29 is 14.3 Å². The molecule has 0 bridgehead atoms. The number of thiophene rings is 1. The lowest BCUT2D eigenvalue weighted by molar-refractivity contribution is -0.128. The average molecular weight is 336 g/mol. The molecule has 0 spiro atoms. The van der Waals surface area contributed by atoms with E-state index in [4.69, 9.17) is 4.74 Å². The third-order valence-electron chi connectivity index (χ3n) is 4.82. The number of likely N-dealkylation sites (N-methyl/N-ethyl adjacent to an activating group) is 1. The number of hydrogen-bond acceptors (Lipinski definition) is 4. The molecule has 0 aromatic carbocycles. The van der Waals surface area contributed by atoms with Crippen LogP contribution in [0.1, 0.15) is 65.6 Å². The van der Waals surface area contributed by atoms with Gasteiger partial charge >= 0.3 is 0 Å². The van der Waals surface area contributed by atoms with Crippen molar-refractivity contribution >= 4 is 23.2 Å². The summed E-state index contributed by atoms with van der Waals surface area (Å²) in [7, 11) is 1.63. The topological polar surface area (TPSA) is 67.4 Å². The number of rotatable bonds is 4. The molecular formula is C17H24N2O3S. The van der Waals surface area contributed by atoms with Crippen molar-refractivity contribution in [2.75, 3.05) is 13.7 Å². The van der Waals surface area contributed by atoms with Crippen LogP contribution in [-0.4, -0.2) is 31.0 Å². The Bertz CT molecular complexity index is 572. The zero-order chi connectivity index (χ0) is 16.3. The predicted molar refractivity (Wildman–Crippen MR) is 89.6 cm³/mol. The van der Waals surface area contributed by atoms with Gasteiger partial charge in [-0.25, -0.2) is 0 Å². The minimum atomic E-state index is -0.752. The standard InChI is InChI=1S/C17H24N2O3S/c1-18-16(21)17(9-3-2-4-10-17)19-15(20)14-8-7-13(23-14)12-6-5-11-22-12/h7-8,12H,2-6,9-11H2,1H3,(H,18,21)(H,19,20)/t12-/m1/s1. The highest BCUT2D eigenvalue weighted by molar-refractivity contribution is 7.14. The molecule has 0 radical (unpaired) electrons. The van der Waals surface area contributed by atoms with Gasteiger partial charge < -0.3 is 15.4 Å². The third kappa shape index (κ3) is 3.43. The molecule has 2 fully saturated rings. The molecule has 1 aromatic rings. The van der Waals surface area contributed by atoms with Crippen LogP contribution >= 0.6 is 11.3 Å². The fraction of sp³-hybridized carbons (Fsp3) is 0.647. The average Bonchev–Trinajstić information content (AvgIpc) is 3.25. The van der Waals surface area contributed by atoms with E-state index in [0.29, 0.717) is 17.7 Å². The van der Waals surface area contributed by atoms with Gasteiger partial charge in [0, 0.05) is 18.5 Å². The van der Waals surface area contributed by atoms with Crippen LogP contribution in [0, 0.1) is 0 Å². The molecule has 0 unspecified atom stereocenters. The van der Waals surface area contributed by atoms with Crippen molar-refractivity contribution in [1.82, 2.24) is 10.6 Å². The largest absolute Gasteiger partial charge is 0.373 e. The quantitative estimate of drug-likeness (QED) is 0.888. The fourth-order valence-electron chi connectivity index (χ4n) is 3.53. The van der Waals surface area contributed by atoms with Gasteiger partial charge in [0.15, 0.2) is 0 Å². The van der Waals surface area contributed by atoms with E-state index in [-0.39, 0.29) is 17.9 Å². The van der Waals surface area contributed by atoms with Gasteiger partial charge in [0.25, 0.3) is 5.91 Å². The van der Waals surface area contributed by atoms with E-state index >= 15 is 0 Å². The Morgan fingerprint density at radius 2 is 2.00 bits per heavy atom. The SMILES string of the molecule is CNC(=O)C1(NC(=O)c2ccc([C@H]3CCCO3)s2)CCCCC1. The van der Waals surface area contributed by atoms with Crippen molar-refractivity contribution in [3.05, 3.63) is 21.9 Å². The van der Waals surface area contributed by atoms with Gasteiger partial charge in [0.05, 0.1) is 11.0 Å². The van der Waals surface area contributed by atoms with Crippen molar-refractivity contribution in [2.45, 2.75) is 56.6 Å². The molecule has 5 nitrogen and oxygen atoms in total. The molecular weight excluding hydrogens is 312 g/mol. The first-order valence-corrected chi connectivity index (χ1v) is 9.22. The monoisotopic (exact) mass is 336 g/mol. The number of nitrogens with one attached hydrogen (secondary N) is 2. The Labute approximate surface area is 140 Å². The summed E-state index contributed by atoms with van der Waals surface area (Å²) in [4.78, 5) is 26.7. The van der Waals surface area contributed by atoms with Gasteiger partial charge in [0.2, 0.25) is 5.91 Å². The second-order valence-corrected chi connectivity index (χ2v) is 7.50. The highest BCUT2D eigenvalue weighted by Gasteiger charge is 2.40.